The number of hydrogen-bond acceptors (Lipinski definition) is 6. The van der Waals surface area contributed by atoms with E-state index in [0.717, 1.165) is 22.9 Å². The number of rotatable bonds is 3. The smallest absolute Gasteiger partial charge is 0.274 e. The minimum Gasteiger partial charge on any atom is -0.352 e. The van der Waals surface area contributed by atoms with Crippen LogP contribution in [-0.2, 0) is 13.0 Å². The zero-order valence-electron chi connectivity index (χ0n) is 16.6. The van der Waals surface area contributed by atoms with Gasteiger partial charge in [-0.3, -0.25) is 9.78 Å². The molecule has 1 N–H and O–H groups in total. The SMILES string of the molecule is Cc1cc2nccc(=O)n2nc1N1CCc2ncc(Nc3cccc(F)c3F)cc2C1. The molecule has 3 aromatic heterocycles. The molecule has 0 fully saturated rings. The van der Waals surface area contributed by atoms with Crippen molar-refractivity contribution in [3.05, 3.63) is 87.6 Å². The number of fused-ring (bicyclic) bond motifs is 2. The van der Waals surface area contributed by atoms with Crippen LogP contribution in [0.1, 0.15) is 16.8 Å². The molecule has 0 radical (unpaired) electrons. The zero-order valence-corrected chi connectivity index (χ0v) is 16.6. The highest BCUT2D eigenvalue weighted by Gasteiger charge is 2.21. The van der Waals surface area contributed by atoms with Crippen LogP contribution < -0.4 is 15.8 Å². The predicted molar refractivity (Wildman–Crippen MR) is 113 cm³/mol. The topological polar surface area (TPSA) is 75.4 Å². The van der Waals surface area contributed by atoms with Crippen molar-refractivity contribution >= 4 is 22.8 Å². The van der Waals surface area contributed by atoms with Gasteiger partial charge >= 0.3 is 0 Å². The molecule has 0 unspecified atom stereocenters. The highest BCUT2D eigenvalue weighted by molar-refractivity contribution is 5.61. The molecule has 4 heterocycles. The molecule has 1 aromatic carbocycles. The van der Waals surface area contributed by atoms with Crippen molar-refractivity contribution in [2.24, 2.45) is 0 Å². The van der Waals surface area contributed by atoms with Crippen LogP contribution in [0.4, 0.5) is 26.0 Å². The Balaban J connectivity index is 1.46. The van der Waals surface area contributed by atoms with Gasteiger partial charge in [0.1, 0.15) is 0 Å². The molecule has 0 aliphatic carbocycles. The Bertz CT molecular complexity index is 1370. The second kappa shape index (κ2) is 7.42. The van der Waals surface area contributed by atoms with E-state index in [-0.39, 0.29) is 11.2 Å². The molecule has 7 nitrogen and oxygen atoms in total. The standard InChI is InChI=1S/C22H18F2N6O/c1-13-9-19-25-7-5-20(31)30(19)28-22(13)29-8-6-17-14(12-29)10-15(11-26-17)27-18-4-2-3-16(23)21(18)24/h2-5,7,9-11,27H,6,8,12H2,1H3. The van der Waals surface area contributed by atoms with Crippen molar-refractivity contribution in [1.29, 1.82) is 0 Å². The maximum atomic E-state index is 14.0. The molecule has 0 bridgehead atoms. The highest BCUT2D eigenvalue weighted by atomic mass is 19.2. The first-order chi connectivity index (χ1) is 15.0. The summed E-state index contributed by atoms with van der Waals surface area (Å²) in [6.07, 6.45) is 3.78. The number of benzene rings is 1. The van der Waals surface area contributed by atoms with E-state index in [2.05, 4.69) is 25.3 Å². The first-order valence-corrected chi connectivity index (χ1v) is 9.79. The Labute approximate surface area is 176 Å². The molecule has 9 heteroatoms. The summed E-state index contributed by atoms with van der Waals surface area (Å²) in [6.45, 7) is 3.15. The Hall–Kier alpha value is -3.88. The number of aromatic nitrogens is 4. The Morgan fingerprint density at radius 2 is 2.00 bits per heavy atom. The second-order valence-electron chi connectivity index (χ2n) is 7.43. The molecule has 0 saturated heterocycles. The summed E-state index contributed by atoms with van der Waals surface area (Å²) in [6, 6.07) is 9.07. The van der Waals surface area contributed by atoms with E-state index in [9.17, 15) is 13.6 Å². The molecule has 1 aliphatic heterocycles. The van der Waals surface area contributed by atoms with Gasteiger partial charge in [0.2, 0.25) is 0 Å². The fourth-order valence-electron chi connectivity index (χ4n) is 3.79. The van der Waals surface area contributed by atoms with Crippen LogP contribution in [-0.4, -0.2) is 26.1 Å². The number of anilines is 3. The van der Waals surface area contributed by atoms with Gasteiger partial charge in [-0.15, -0.1) is 5.10 Å². The average Bonchev–Trinajstić information content (AvgIpc) is 2.76. The summed E-state index contributed by atoms with van der Waals surface area (Å²) in [7, 11) is 0. The third-order valence-electron chi connectivity index (χ3n) is 5.31. The van der Waals surface area contributed by atoms with Crippen LogP contribution in [0.15, 0.2) is 53.6 Å². The van der Waals surface area contributed by atoms with Gasteiger partial charge in [0, 0.05) is 37.5 Å². The normalized spacial score (nSPS) is 13.3. The van der Waals surface area contributed by atoms with Gasteiger partial charge in [0.05, 0.1) is 17.6 Å². The van der Waals surface area contributed by atoms with Crippen molar-refractivity contribution in [3.8, 4) is 0 Å². The lowest BCUT2D eigenvalue weighted by Gasteiger charge is -2.30. The minimum absolute atomic E-state index is 0.0494. The van der Waals surface area contributed by atoms with E-state index in [1.54, 1.807) is 6.20 Å². The van der Waals surface area contributed by atoms with Crippen LogP contribution >= 0.6 is 0 Å². The van der Waals surface area contributed by atoms with E-state index in [0.29, 0.717) is 36.7 Å². The van der Waals surface area contributed by atoms with Crippen molar-refractivity contribution in [2.75, 3.05) is 16.8 Å². The number of halogens is 2. The largest absolute Gasteiger partial charge is 0.352 e. The molecule has 0 spiro atoms. The summed E-state index contributed by atoms with van der Waals surface area (Å²) in [4.78, 5) is 22.9. The summed E-state index contributed by atoms with van der Waals surface area (Å²) in [5.74, 6) is -1.15. The number of hydrogen-bond donors (Lipinski definition) is 1. The highest BCUT2D eigenvalue weighted by Crippen LogP contribution is 2.28. The molecule has 0 atom stereocenters. The number of aryl methyl sites for hydroxylation is 1. The average molecular weight is 420 g/mol. The van der Waals surface area contributed by atoms with Gasteiger partial charge in [0.25, 0.3) is 5.56 Å². The van der Waals surface area contributed by atoms with Crippen LogP contribution in [0, 0.1) is 18.6 Å². The maximum absolute atomic E-state index is 14.0. The molecule has 31 heavy (non-hydrogen) atoms. The first kappa shape index (κ1) is 19.1. The van der Waals surface area contributed by atoms with Gasteiger partial charge in [-0.25, -0.2) is 13.8 Å². The molecule has 0 saturated carbocycles. The van der Waals surface area contributed by atoms with E-state index < -0.39 is 11.6 Å². The number of pyridine rings is 1. The summed E-state index contributed by atoms with van der Waals surface area (Å²) < 4.78 is 28.8. The maximum Gasteiger partial charge on any atom is 0.274 e. The van der Waals surface area contributed by atoms with Crippen molar-refractivity contribution in [3.63, 3.8) is 0 Å². The van der Waals surface area contributed by atoms with Crippen LogP contribution in [0.5, 0.6) is 0 Å². The van der Waals surface area contributed by atoms with Gasteiger partial charge < -0.3 is 10.2 Å². The number of nitrogens with one attached hydrogen (secondary N) is 1. The third kappa shape index (κ3) is 3.48. The van der Waals surface area contributed by atoms with Gasteiger partial charge in [-0.05, 0) is 42.3 Å². The zero-order chi connectivity index (χ0) is 21.5. The lowest BCUT2D eigenvalue weighted by Crippen LogP contribution is -2.33. The molecular formula is C22H18F2N6O. The van der Waals surface area contributed by atoms with E-state index in [1.165, 1.54) is 28.9 Å². The van der Waals surface area contributed by atoms with E-state index in [4.69, 9.17) is 0 Å². The van der Waals surface area contributed by atoms with E-state index in [1.807, 2.05) is 19.1 Å². The fourth-order valence-corrected chi connectivity index (χ4v) is 3.79. The monoisotopic (exact) mass is 420 g/mol. The lowest BCUT2D eigenvalue weighted by atomic mass is 10.0. The Kier molecular flexibility index (Phi) is 4.58. The molecule has 156 valence electrons. The Morgan fingerprint density at radius 3 is 2.87 bits per heavy atom. The third-order valence-corrected chi connectivity index (χ3v) is 5.31. The quantitative estimate of drug-likeness (QED) is 0.548. The first-order valence-electron chi connectivity index (χ1n) is 9.79. The van der Waals surface area contributed by atoms with Gasteiger partial charge in [-0.2, -0.15) is 4.52 Å². The summed E-state index contributed by atoms with van der Waals surface area (Å²) in [5.41, 5.74) is 3.67. The Morgan fingerprint density at radius 1 is 1.13 bits per heavy atom. The molecule has 5 rings (SSSR count). The molecule has 4 aromatic rings. The van der Waals surface area contributed by atoms with E-state index >= 15 is 0 Å². The second-order valence-corrected chi connectivity index (χ2v) is 7.43. The predicted octanol–water partition coefficient (Wildman–Crippen LogP) is 3.38. The molecule has 0 amide bonds. The summed E-state index contributed by atoms with van der Waals surface area (Å²) >= 11 is 0. The number of nitrogens with zero attached hydrogens (tertiary/aromatic N) is 5. The van der Waals surface area contributed by atoms with Gasteiger partial charge in [0.15, 0.2) is 23.1 Å². The molecular weight excluding hydrogens is 402 g/mol. The fraction of sp³-hybridized carbons (Fsp3) is 0.182. The van der Waals surface area contributed by atoms with Crippen LogP contribution in [0.25, 0.3) is 5.65 Å². The van der Waals surface area contributed by atoms with Crippen LogP contribution in [0.3, 0.4) is 0 Å². The van der Waals surface area contributed by atoms with Crippen molar-refractivity contribution in [1.82, 2.24) is 19.6 Å². The minimum atomic E-state index is -0.933. The van der Waals surface area contributed by atoms with Crippen molar-refractivity contribution in [2.45, 2.75) is 19.9 Å². The van der Waals surface area contributed by atoms with Crippen LogP contribution in [0.2, 0.25) is 0 Å². The van der Waals surface area contributed by atoms with Crippen molar-refractivity contribution < 1.29 is 8.78 Å². The van der Waals surface area contributed by atoms with Gasteiger partial charge in [-0.1, -0.05) is 6.07 Å². The lowest BCUT2D eigenvalue weighted by molar-refractivity contribution is 0.512. The summed E-state index contributed by atoms with van der Waals surface area (Å²) in [5, 5.41) is 7.42. The molecule has 1 aliphatic rings.